The van der Waals surface area contributed by atoms with E-state index in [0.717, 1.165) is 16.7 Å². The number of nitrogens with zero attached hydrogens (tertiary/aromatic N) is 1. The molecule has 27 heavy (non-hydrogen) atoms. The summed E-state index contributed by atoms with van der Waals surface area (Å²) in [7, 11) is 0. The van der Waals surface area contributed by atoms with Crippen LogP contribution < -0.4 is 10.1 Å². The van der Waals surface area contributed by atoms with E-state index in [1.54, 1.807) is 36.4 Å². The second-order valence-corrected chi connectivity index (χ2v) is 6.33. The number of carbonyl (C=O) groups is 2. The van der Waals surface area contributed by atoms with E-state index in [2.05, 4.69) is 5.32 Å². The van der Waals surface area contributed by atoms with Crippen molar-refractivity contribution in [1.29, 1.82) is 5.26 Å². The minimum absolute atomic E-state index is 0.304. The van der Waals surface area contributed by atoms with Gasteiger partial charge in [-0.1, -0.05) is 23.7 Å². The summed E-state index contributed by atoms with van der Waals surface area (Å²) >= 11 is 5.95. The van der Waals surface area contributed by atoms with Crippen molar-refractivity contribution in [3.05, 3.63) is 58.1 Å². The van der Waals surface area contributed by atoms with Crippen molar-refractivity contribution in [2.45, 2.75) is 20.3 Å². The minimum atomic E-state index is -0.650. The third kappa shape index (κ3) is 6.32. The van der Waals surface area contributed by atoms with Gasteiger partial charge in [-0.2, -0.15) is 5.26 Å². The van der Waals surface area contributed by atoms with Gasteiger partial charge in [0.15, 0.2) is 13.2 Å². The van der Waals surface area contributed by atoms with Gasteiger partial charge in [-0.15, -0.1) is 0 Å². The van der Waals surface area contributed by atoms with E-state index in [4.69, 9.17) is 26.3 Å². The summed E-state index contributed by atoms with van der Waals surface area (Å²) < 4.78 is 10.4. The maximum Gasteiger partial charge on any atom is 0.344 e. The number of hydrogen-bond acceptors (Lipinski definition) is 5. The SMILES string of the molecule is Cc1cc(Cl)cc(C)c1OCC(=O)OCC(=O)Nc1ccc(CC#N)cc1. The first-order chi connectivity index (χ1) is 12.9. The molecule has 2 aromatic carbocycles. The van der Waals surface area contributed by atoms with Crippen molar-refractivity contribution < 1.29 is 19.1 Å². The zero-order valence-corrected chi connectivity index (χ0v) is 15.8. The van der Waals surface area contributed by atoms with Gasteiger partial charge >= 0.3 is 5.97 Å². The molecule has 0 aliphatic carbocycles. The van der Waals surface area contributed by atoms with Crippen LogP contribution >= 0.6 is 11.6 Å². The number of esters is 1. The fourth-order valence-corrected chi connectivity index (χ4v) is 2.77. The molecular weight excluding hydrogens is 368 g/mol. The molecule has 0 unspecified atom stereocenters. The molecule has 7 heteroatoms. The molecule has 0 atom stereocenters. The number of carbonyl (C=O) groups excluding carboxylic acids is 2. The maximum absolute atomic E-state index is 11.9. The number of hydrogen-bond donors (Lipinski definition) is 1. The summed E-state index contributed by atoms with van der Waals surface area (Å²) in [6, 6.07) is 12.4. The number of ether oxygens (including phenoxy) is 2. The van der Waals surface area contributed by atoms with Crippen molar-refractivity contribution in [3.63, 3.8) is 0 Å². The van der Waals surface area contributed by atoms with Crippen LogP contribution in [0, 0.1) is 25.2 Å². The standard InChI is InChI=1S/C20H19ClN2O4/c1-13-9-16(21)10-14(2)20(13)27-12-19(25)26-11-18(24)23-17-5-3-15(4-6-17)7-8-22/h3-6,9-10H,7,11-12H2,1-2H3,(H,23,24). The summed E-state index contributed by atoms with van der Waals surface area (Å²) in [5.74, 6) is -0.545. The molecule has 0 aliphatic heterocycles. The molecule has 2 aromatic rings. The van der Waals surface area contributed by atoms with Gasteiger partial charge in [0.25, 0.3) is 5.91 Å². The highest BCUT2D eigenvalue weighted by atomic mass is 35.5. The van der Waals surface area contributed by atoms with E-state index in [0.29, 0.717) is 22.9 Å². The zero-order valence-electron chi connectivity index (χ0n) is 15.0. The van der Waals surface area contributed by atoms with Crippen LogP contribution in [-0.4, -0.2) is 25.1 Å². The fourth-order valence-electron chi connectivity index (χ4n) is 2.44. The van der Waals surface area contributed by atoms with Crippen molar-refractivity contribution >= 4 is 29.2 Å². The van der Waals surface area contributed by atoms with E-state index in [1.807, 2.05) is 19.9 Å². The Hall–Kier alpha value is -3.04. The Morgan fingerprint density at radius 1 is 1.11 bits per heavy atom. The highest BCUT2D eigenvalue weighted by Crippen LogP contribution is 2.26. The molecule has 2 rings (SSSR count). The van der Waals surface area contributed by atoms with Crippen LogP contribution in [0.2, 0.25) is 5.02 Å². The predicted molar refractivity (Wildman–Crippen MR) is 102 cm³/mol. The van der Waals surface area contributed by atoms with Gasteiger partial charge in [-0.25, -0.2) is 4.79 Å². The molecule has 1 amide bonds. The lowest BCUT2D eigenvalue weighted by molar-refractivity contribution is -0.149. The number of rotatable bonds is 7. The third-order valence-corrected chi connectivity index (χ3v) is 3.86. The van der Waals surface area contributed by atoms with Crippen molar-refractivity contribution in [2.24, 2.45) is 0 Å². The Morgan fingerprint density at radius 3 is 2.33 bits per heavy atom. The van der Waals surface area contributed by atoms with E-state index >= 15 is 0 Å². The van der Waals surface area contributed by atoms with Crippen molar-refractivity contribution in [1.82, 2.24) is 0 Å². The average molecular weight is 387 g/mol. The molecule has 6 nitrogen and oxygen atoms in total. The fraction of sp³-hybridized carbons (Fsp3) is 0.250. The molecule has 0 fully saturated rings. The van der Waals surface area contributed by atoms with Crippen molar-refractivity contribution in [3.8, 4) is 11.8 Å². The van der Waals surface area contributed by atoms with Gasteiger partial charge in [0.1, 0.15) is 5.75 Å². The Balaban J connectivity index is 1.78. The molecule has 0 aromatic heterocycles. The lowest BCUT2D eigenvalue weighted by atomic mass is 10.1. The second kappa shape index (κ2) is 9.60. The first-order valence-electron chi connectivity index (χ1n) is 8.20. The highest BCUT2D eigenvalue weighted by molar-refractivity contribution is 6.30. The summed E-state index contributed by atoms with van der Waals surface area (Å²) in [5.41, 5.74) is 3.03. The number of aryl methyl sites for hydroxylation is 2. The van der Waals surface area contributed by atoms with E-state index < -0.39 is 18.5 Å². The Morgan fingerprint density at radius 2 is 1.74 bits per heavy atom. The number of nitrogens with one attached hydrogen (secondary N) is 1. The summed E-state index contributed by atoms with van der Waals surface area (Å²) in [6.45, 7) is 2.93. The molecule has 0 aliphatic rings. The molecule has 0 bridgehead atoms. The van der Waals surface area contributed by atoms with Crippen LogP contribution in [0.4, 0.5) is 5.69 Å². The second-order valence-electron chi connectivity index (χ2n) is 5.90. The van der Waals surface area contributed by atoms with Gasteiger partial charge < -0.3 is 14.8 Å². The van der Waals surface area contributed by atoms with Crippen LogP contribution in [0.25, 0.3) is 0 Å². The van der Waals surface area contributed by atoms with Crippen LogP contribution in [-0.2, 0) is 20.7 Å². The topological polar surface area (TPSA) is 88.4 Å². The molecular formula is C20H19ClN2O4. The molecule has 1 N–H and O–H groups in total. The van der Waals surface area contributed by atoms with Gasteiger partial charge in [0.05, 0.1) is 12.5 Å². The molecule has 0 saturated carbocycles. The lowest BCUT2D eigenvalue weighted by Crippen LogP contribution is -2.23. The van der Waals surface area contributed by atoms with Gasteiger partial charge in [-0.05, 0) is 54.8 Å². The predicted octanol–water partition coefficient (Wildman–Crippen LogP) is 3.58. The van der Waals surface area contributed by atoms with E-state index in [9.17, 15) is 9.59 Å². The van der Waals surface area contributed by atoms with Gasteiger partial charge in [0.2, 0.25) is 0 Å². The van der Waals surface area contributed by atoms with Crippen LogP contribution in [0.1, 0.15) is 16.7 Å². The largest absolute Gasteiger partial charge is 0.481 e. The molecule has 0 radical (unpaired) electrons. The first-order valence-corrected chi connectivity index (χ1v) is 8.57. The normalized spacial score (nSPS) is 10.0. The summed E-state index contributed by atoms with van der Waals surface area (Å²) in [4.78, 5) is 23.6. The molecule has 140 valence electrons. The monoisotopic (exact) mass is 386 g/mol. The van der Waals surface area contributed by atoms with E-state index in [1.165, 1.54) is 0 Å². The molecule has 0 saturated heterocycles. The van der Waals surface area contributed by atoms with E-state index in [-0.39, 0.29) is 6.61 Å². The smallest absolute Gasteiger partial charge is 0.344 e. The molecule has 0 heterocycles. The molecule has 0 spiro atoms. The minimum Gasteiger partial charge on any atom is -0.481 e. The zero-order chi connectivity index (χ0) is 19.8. The number of benzene rings is 2. The third-order valence-electron chi connectivity index (χ3n) is 3.64. The van der Waals surface area contributed by atoms with Gasteiger partial charge in [-0.3, -0.25) is 4.79 Å². The van der Waals surface area contributed by atoms with Gasteiger partial charge in [0, 0.05) is 10.7 Å². The quantitative estimate of drug-likeness (QED) is 0.734. The number of halogens is 1. The Labute approximate surface area is 162 Å². The van der Waals surface area contributed by atoms with Crippen LogP contribution in [0.5, 0.6) is 5.75 Å². The number of nitriles is 1. The van der Waals surface area contributed by atoms with Crippen LogP contribution in [0.15, 0.2) is 36.4 Å². The first kappa shape index (κ1) is 20.3. The number of amides is 1. The number of anilines is 1. The average Bonchev–Trinajstić information content (AvgIpc) is 2.61. The maximum atomic E-state index is 11.9. The summed E-state index contributed by atoms with van der Waals surface area (Å²) in [6.07, 6.45) is 0.304. The van der Waals surface area contributed by atoms with Crippen molar-refractivity contribution in [2.75, 3.05) is 18.5 Å². The highest BCUT2D eigenvalue weighted by Gasteiger charge is 2.11. The summed E-state index contributed by atoms with van der Waals surface area (Å²) in [5, 5.41) is 11.8. The Kier molecular flexibility index (Phi) is 7.21. The Bertz CT molecular complexity index is 850. The van der Waals surface area contributed by atoms with Crippen LogP contribution in [0.3, 0.4) is 0 Å². The lowest BCUT2D eigenvalue weighted by Gasteiger charge is -2.12.